The Morgan fingerprint density at radius 3 is 2.62 bits per heavy atom. The van der Waals surface area contributed by atoms with Gasteiger partial charge in [-0.1, -0.05) is 23.7 Å². The van der Waals surface area contributed by atoms with Crippen LogP contribution in [0.2, 0.25) is 5.02 Å². The molecule has 3 aromatic rings. The van der Waals surface area contributed by atoms with Crippen LogP contribution in [0, 0.1) is 6.92 Å². The van der Waals surface area contributed by atoms with E-state index < -0.39 is 0 Å². The summed E-state index contributed by atoms with van der Waals surface area (Å²) in [5, 5.41) is 2.55. The highest BCUT2D eigenvalue weighted by Gasteiger charge is 2.40. The number of ether oxygens (including phenoxy) is 1. The molecule has 1 fully saturated rings. The maximum absolute atomic E-state index is 13.2. The van der Waals surface area contributed by atoms with Crippen molar-refractivity contribution in [3.8, 4) is 17.2 Å². The second-order valence-corrected chi connectivity index (χ2v) is 8.34. The molecule has 7 nitrogen and oxygen atoms in total. The molecular weight excluding hydrogens is 428 g/mol. The van der Waals surface area contributed by atoms with Gasteiger partial charge >= 0.3 is 0 Å². The number of hydrogen-bond donors (Lipinski definition) is 1. The van der Waals surface area contributed by atoms with Gasteiger partial charge in [0, 0.05) is 23.0 Å². The van der Waals surface area contributed by atoms with Crippen LogP contribution in [-0.4, -0.2) is 34.0 Å². The van der Waals surface area contributed by atoms with Gasteiger partial charge in [-0.25, -0.2) is 10.4 Å². The van der Waals surface area contributed by atoms with Gasteiger partial charge in [-0.05, 0) is 55.3 Å². The van der Waals surface area contributed by atoms with E-state index >= 15 is 0 Å². The Morgan fingerprint density at radius 1 is 1.16 bits per heavy atom. The molecule has 3 heterocycles. The first-order valence-electron chi connectivity index (χ1n) is 10.4. The lowest BCUT2D eigenvalue weighted by atomic mass is 10.0. The predicted molar refractivity (Wildman–Crippen MR) is 120 cm³/mol. The number of benzene rings is 2. The van der Waals surface area contributed by atoms with Crippen LogP contribution in [0.15, 0.2) is 65.3 Å². The summed E-state index contributed by atoms with van der Waals surface area (Å²) in [6.45, 7) is 2.22. The molecule has 5 rings (SSSR count). The van der Waals surface area contributed by atoms with E-state index in [0.29, 0.717) is 29.6 Å². The zero-order valence-corrected chi connectivity index (χ0v) is 18.5. The van der Waals surface area contributed by atoms with E-state index in [1.54, 1.807) is 30.3 Å². The molecule has 0 spiro atoms. The summed E-state index contributed by atoms with van der Waals surface area (Å²) in [4.78, 5) is 19.5. The maximum Gasteiger partial charge on any atom is 0.251 e. The Hall–Kier alpha value is -3.29. The van der Waals surface area contributed by atoms with Crippen LogP contribution in [0.4, 0.5) is 0 Å². The fourth-order valence-electron chi connectivity index (χ4n) is 4.07. The summed E-state index contributed by atoms with van der Waals surface area (Å²) in [6, 6.07) is 15.0. The van der Waals surface area contributed by atoms with Gasteiger partial charge < -0.3 is 19.1 Å². The Bertz CT molecular complexity index is 1160. The smallest absolute Gasteiger partial charge is 0.251 e. The topological polar surface area (TPSA) is 70.8 Å². The largest absolute Gasteiger partial charge is 0.497 e. The highest BCUT2D eigenvalue weighted by molar-refractivity contribution is 6.30. The molecule has 0 saturated carbocycles. The van der Waals surface area contributed by atoms with E-state index in [0.717, 1.165) is 22.6 Å². The average Bonchev–Trinajstić information content (AvgIpc) is 3.40. The molecule has 2 aliphatic heterocycles. The minimum absolute atomic E-state index is 0.0338. The molecule has 32 heavy (non-hydrogen) atoms. The average molecular weight is 451 g/mol. The third-order valence-electron chi connectivity index (χ3n) is 5.90. The van der Waals surface area contributed by atoms with Crippen LogP contribution in [0.25, 0.3) is 11.5 Å². The maximum atomic E-state index is 13.2. The first-order valence-corrected chi connectivity index (χ1v) is 10.8. The summed E-state index contributed by atoms with van der Waals surface area (Å²) in [5.74, 6) is 2.06. The normalized spacial score (nSPS) is 20.0. The Labute approximate surface area is 191 Å². The number of nitrogens with one attached hydrogen (secondary N) is 1. The van der Waals surface area contributed by atoms with Gasteiger partial charge in [-0.2, -0.15) is 0 Å². The molecular formula is C24H23ClN4O3. The van der Waals surface area contributed by atoms with Crippen LogP contribution in [-0.2, 0) is 11.3 Å². The highest BCUT2D eigenvalue weighted by atomic mass is 35.5. The Balaban J connectivity index is 1.29. The van der Waals surface area contributed by atoms with Crippen molar-refractivity contribution in [3.05, 3.63) is 83.0 Å². The molecule has 2 aromatic carbocycles. The number of hydrazine groups is 1. The van der Waals surface area contributed by atoms with Gasteiger partial charge in [-0.15, -0.1) is 0 Å². The molecule has 164 valence electrons. The molecule has 2 aliphatic rings. The molecule has 8 heteroatoms. The van der Waals surface area contributed by atoms with Gasteiger partial charge in [-0.3, -0.25) is 4.79 Å². The van der Waals surface area contributed by atoms with Gasteiger partial charge in [0.25, 0.3) is 5.91 Å². The molecule has 0 bridgehead atoms. The van der Waals surface area contributed by atoms with Crippen LogP contribution in [0.1, 0.15) is 29.5 Å². The van der Waals surface area contributed by atoms with E-state index in [1.165, 1.54) is 0 Å². The number of carbonyl (C=O) groups excluding carboxylic acids is 1. The highest BCUT2D eigenvalue weighted by Crippen LogP contribution is 2.32. The van der Waals surface area contributed by atoms with Gasteiger partial charge in [0.15, 0.2) is 0 Å². The first-order chi connectivity index (χ1) is 15.5. The minimum atomic E-state index is -0.268. The quantitative estimate of drug-likeness (QED) is 0.619. The van der Waals surface area contributed by atoms with E-state index in [2.05, 4.69) is 10.4 Å². The molecule has 1 N–H and O–H groups in total. The number of fused-ring (bicyclic) bond motifs is 1. The molecule has 0 radical (unpaired) electrons. The van der Waals surface area contributed by atoms with Crippen molar-refractivity contribution >= 4 is 17.5 Å². The van der Waals surface area contributed by atoms with Crippen LogP contribution in [0.5, 0.6) is 5.75 Å². The van der Waals surface area contributed by atoms with Crippen LogP contribution in [0.3, 0.4) is 0 Å². The summed E-state index contributed by atoms with van der Waals surface area (Å²) in [6.07, 6.45) is 4.38. The molecule has 1 saturated heterocycles. The van der Waals surface area contributed by atoms with E-state index in [9.17, 15) is 4.79 Å². The Morgan fingerprint density at radius 2 is 1.91 bits per heavy atom. The lowest BCUT2D eigenvalue weighted by Gasteiger charge is -2.31. The number of amides is 1. The number of methoxy groups -OCH3 is 1. The summed E-state index contributed by atoms with van der Waals surface area (Å²) in [7, 11) is 1.65. The van der Waals surface area contributed by atoms with Crippen molar-refractivity contribution in [1.29, 1.82) is 0 Å². The van der Waals surface area contributed by atoms with Crippen molar-refractivity contribution in [2.45, 2.75) is 32.0 Å². The standard InChI is InChI=1S/C24H23ClN4O3/c1-15-21(26-23(32-15)17-3-7-18(25)8-4-17)14-28-11-12-29-22(24(28)30)13-20(27-29)16-5-9-19(31-2)10-6-16/h3-12,20,22,27H,13-14H2,1-2H3. The zero-order valence-electron chi connectivity index (χ0n) is 17.8. The number of nitrogens with zero attached hydrogens (tertiary/aromatic N) is 3. The van der Waals surface area contributed by atoms with Gasteiger partial charge in [0.2, 0.25) is 5.89 Å². The minimum Gasteiger partial charge on any atom is -0.497 e. The van der Waals surface area contributed by atoms with Crippen molar-refractivity contribution in [2.24, 2.45) is 0 Å². The number of rotatable bonds is 5. The predicted octanol–water partition coefficient (Wildman–Crippen LogP) is 4.45. The second kappa shape index (κ2) is 8.33. The number of oxazole rings is 1. The van der Waals surface area contributed by atoms with Crippen LogP contribution < -0.4 is 10.2 Å². The fourth-order valence-corrected chi connectivity index (χ4v) is 4.20. The molecule has 0 aliphatic carbocycles. The van der Waals surface area contributed by atoms with E-state index in [4.69, 9.17) is 20.8 Å². The molecule has 2 atom stereocenters. The number of aryl methyl sites for hydroxylation is 1. The third kappa shape index (κ3) is 3.85. The SMILES string of the molecule is COc1ccc(C2CC3C(=O)N(Cc4nc(-c5ccc(Cl)cc5)oc4C)C=CN3N2)cc1. The third-order valence-corrected chi connectivity index (χ3v) is 6.15. The van der Waals surface area contributed by atoms with Crippen LogP contribution >= 0.6 is 11.6 Å². The number of halogens is 1. The van der Waals surface area contributed by atoms with Gasteiger partial charge in [0.05, 0.1) is 19.7 Å². The van der Waals surface area contributed by atoms with Gasteiger partial charge in [0.1, 0.15) is 23.2 Å². The Kier molecular flexibility index (Phi) is 5.36. The summed E-state index contributed by atoms with van der Waals surface area (Å²) < 4.78 is 11.1. The monoisotopic (exact) mass is 450 g/mol. The number of aromatic nitrogens is 1. The fraction of sp³-hybridized carbons (Fsp3) is 0.250. The number of carbonyl (C=O) groups is 1. The van der Waals surface area contributed by atoms with E-state index in [1.807, 2.05) is 54.5 Å². The van der Waals surface area contributed by atoms with Crippen molar-refractivity contribution in [2.75, 3.05) is 7.11 Å². The van der Waals surface area contributed by atoms with Crippen molar-refractivity contribution < 1.29 is 13.9 Å². The zero-order chi connectivity index (χ0) is 22.2. The first kappa shape index (κ1) is 20.6. The number of hydrogen-bond acceptors (Lipinski definition) is 6. The lowest BCUT2D eigenvalue weighted by molar-refractivity contribution is -0.135. The van der Waals surface area contributed by atoms with E-state index in [-0.39, 0.29) is 18.0 Å². The molecule has 2 unspecified atom stereocenters. The summed E-state index contributed by atoms with van der Waals surface area (Å²) in [5.41, 5.74) is 6.12. The lowest BCUT2D eigenvalue weighted by Crippen LogP contribution is -2.47. The summed E-state index contributed by atoms with van der Waals surface area (Å²) >= 11 is 5.97. The molecule has 1 aromatic heterocycles. The van der Waals surface area contributed by atoms with Crippen molar-refractivity contribution in [3.63, 3.8) is 0 Å². The molecule has 1 amide bonds. The van der Waals surface area contributed by atoms with Crippen molar-refractivity contribution in [1.82, 2.24) is 20.3 Å². The second-order valence-electron chi connectivity index (χ2n) is 7.91.